The maximum atomic E-state index is 9.81. The maximum Gasteiger partial charge on any atom is 0.159 e. The minimum atomic E-state index is -0.553. The van der Waals surface area contributed by atoms with Crippen LogP contribution in [0.2, 0.25) is 0 Å². The van der Waals surface area contributed by atoms with Gasteiger partial charge in [0.25, 0.3) is 0 Å². The van der Waals surface area contributed by atoms with Gasteiger partial charge in [0, 0.05) is 17.5 Å². The number of aliphatic hydroxyl groups excluding tert-OH is 1. The fourth-order valence-corrected chi connectivity index (χ4v) is 2.31. The van der Waals surface area contributed by atoms with Gasteiger partial charge in [0.15, 0.2) is 5.82 Å². The Morgan fingerprint density at radius 1 is 1.39 bits per heavy atom. The molecule has 0 aliphatic carbocycles. The minimum Gasteiger partial charge on any atom is -0.389 e. The van der Waals surface area contributed by atoms with E-state index < -0.39 is 6.10 Å². The van der Waals surface area contributed by atoms with Gasteiger partial charge in [-0.15, -0.1) is 0 Å². The molecular formula is C14H19N3O. The van der Waals surface area contributed by atoms with Crippen LogP contribution >= 0.6 is 0 Å². The van der Waals surface area contributed by atoms with E-state index >= 15 is 0 Å². The van der Waals surface area contributed by atoms with Crippen LogP contribution in [0.4, 0.5) is 0 Å². The van der Waals surface area contributed by atoms with E-state index in [1.165, 1.54) is 5.56 Å². The van der Waals surface area contributed by atoms with Gasteiger partial charge in [-0.3, -0.25) is 0 Å². The van der Waals surface area contributed by atoms with Crippen molar-refractivity contribution in [2.75, 3.05) is 0 Å². The van der Waals surface area contributed by atoms with Crippen LogP contribution < -0.4 is 0 Å². The molecular weight excluding hydrogens is 226 g/mol. The Bertz CT molecular complexity index is 558. The summed E-state index contributed by atoms with van der Waals surface area (Å²) in [6, 6.07) is 3.72. The van der Waals surface area contributed by atoms with Gasteiger partial charge in [0.1, 0.15) is 0 Å². The molecule has 4 nitrogen and oxygen atoms in total. The zero-order chi connectivity index (χ0) is 13.3. The van der Waals surface area contributed by atoms with Gasteiger partial charge in [0.05, 0.1) is 11.8 Å². The first-order valence-corrected chi connectivity index (χ1v) is 6.24. The largest absolute Gasteiger partial charge is 0.389 e. The highest BCUT2D eigenvalue weighted by atomic mass is 16.3. The van der Waals surface area contributed by atoms with Crippen molar-refractivity contribution in [1.29, 1.82) is 0 Å². The Kier molecular flexibility index (Phi) is 3.48. The molecule has 18 heavy (non-hydrogen) atoms. The summed E-state index contributed by atoms with van der Waals surface area (Å²) < 4.78 is 1.83. The first kappa shape index (κ1) is 12.8. The van der Waals surface area contributed by atoms with Gasteiger partial charge in [0.2, 0.25) is 0 Å². The van der Waals surface area contributed by atoms with E-state index in [4.69, 9.17) is 0 Å². The molecule has 0 radical (unpaired) electrons. The lowest BCUT2D eigenvalue weighted by molar-refractivity contribution is 0.198. The van der Waals surface area contributed by atoms with Crippen LogP contribution in [-0.2, 0) is 6.42 Å². The Hall–Kier alpha value is -1.68. The van der Waals surface area contributed by atoms with Crippen molar-refractivity contribution in [2.24, 2.45) is 0 Å². The molecule has 0 spiro atoms. The van der Waals surface area contributed by atoms with Gasteiger partial charge >= 0.3 is 0 Å². The molecule has 0 aromatic carbocycles. The number of nitrogens with zero attached hydrogens (tertiary/aromatic N) is 3. The predicted octanol–water partition coefficient (Wildman–Crippen LogP) is 2.50. The zero-order valence-electron chi connectivity index (χ0n) is 11.3. The second-order valence-corrected chi connectivity index (χ2v) is 4.51. The van der Waals surface area contributed by atoms with Crippen LogP contribution in [0.3, 0.4) is 0 Å². The molecule has 0 aliphatic heterocycles. The van der Waals surface area contributed by atoms with Gasteiger partial charge in [-0.1, -0.05) is 13.0 Å². The lowest BCUT2D eigenvalue weighted by Gasteiger charge is -2.12. The monoisotopic (exact) mass is 245 g/mol. The number of hydrogen-bond donors (Lipinski definition) is 1. The fraction of sp³-hybridized carbons (Fsp3) is 0.429. The van der Waals surface area contributed by atoms with E-state index in [-0.39, 0.29) is 0 Å². The molecule has 2 aromatic heterocycles. The second kappa shape index (κ2) is 4.90. The lowest BCUT2D eigenvalue weighted by Crippen LogP contribution is -2.08. The molecule has 2 heterocycles. The lowest BCUT2D eigenvalue weighted by atomic mass is 10.1. The molecule has 0 saturated carbocycles. The third-order valence-corrected chi connectivity index (χ3v) is 3.26. The molecule has 0 aliphatic rings. The highest BCUT2D eigenvalue weighted by Crippen LogP contribution is 2.23. The van der Waals surface area contributed by atoms with Gasteiger partial charge in [-0.25, -0.2) is 9.67 Å². The number of hydrogen-bond acceptors (Lipinski definition) is 3. The molecule has 1 N–H and O–H groups in total. The third-order valence-electron chi connectivity index (χ3n) is 3.26. The van der Waals surface area contributed by atoms with E-state index in [0.717, 1.165) is 23.4 Å². The Labute approximate surface area is 107 Å². The van der Waals surface area contributed by atoms with Crippen LogP contribution in [0.15, 0.2) is 18.3 Å². The van der Waals surface area contributed by atoms with E-state index in [0.29, 0.717) is 5.82 Å². The average molecular weight is 245 g/mol. The average Bonchev–Trinajstić information content (AvgIpc) is 2.64. The molecule has 96 valence electrons. The molecule has 0 amide bonds. The van der Waals surface area contributed by atoms with Gasteiger partial charge in [-0.2, -0.15) is 5.10 Å². The first-order chi connectivity index (χ1) is 8.56. The summed E-state index contributed by atoms with van der Waals surface area (Å²) in [4.78, 5) is 4.36. The molecule has 2 rings (SSSR count). The summed E-state index contributed by atoms with van der Waals surface area (Å²) in [5.41, 5.74) is 4.16. The van der Waals surface area contributed by atoms with Crippen LogP contribution in [0.25, 0.3) is 5.82 Å². The first-order valence-electron chi connectivity index (χ1n) is 6.24. The molecule has 1 unspecified atom stereocenters. The normalized spacial score (nSPS) is 12.7. The molecule has 4 heteroatoms. The van der Waals surface area contributed by atoms with Crippen LogP contribution in [0, 0.1) is 13.8 Å². The van der Waals surface area contributed by atoms with Gasteiger partial charge in [-0.05, 0) is 38.8 Å². The highest BCUT2D eigenvalue weighted by molar-refractivity contribution is 5.39. The van der Waals surface area contributed by atoms with Crippen molar-refractivity contribution in [3.8, 4) is 5.82 Å². The topological polar surface area (TPSA) is 50.9 Å². The molecule has 0 bridgehead atoms. The van der Waals surface area contributed by atoms with Crippen LogP contribution in [0.5, 0.6) is 0 Å². The van der Waals surface area contributed by atoms with Crippen LogP contribution in [-0.4, -0.2) is 19.9 Å². The molecule has 1 atom stereocenters. The van der Waals surface area contributed by atoms with Crippen molar-refractivity contribution in [2.45, 2.75) is 40.2 Å². The number of aromatic nitrogens is 3. The summed E-state index contributed by atoms with van der Waals surface area (Å²) in [7, 11) is 0. The van der Waals surface area contributed by atoms with Crippen molar-refractivity contribution in [3.63, 3.8) is 0 Å². The number of aryl methyl sites for hydroxylation is 1. The van der Waals surface area contributed by atoms with Gasteiger partial charge < -0.3 is 5.11 Å². The second-order valence-electron chi connectivity index (χ2n) is 4.51. The smallest absolute Gasteiger partial charge is 0.159 e. The Balaban J connectivity index is 2.63. The quantitative estimate of drug-likeness (QED) is 0.904. The third kappa shape index (κ3) is 2.04. The number of pyridine rings is 1. The molecule has 2 aromatic rings. The van der Waals surface area contributed by atoms with E-state index in [1.807, 2.05) is 30.7 Å². The van der Waals surface area contributed by atoms with E-state index in [1.54, 1.807) is 13.1 Å². The summed E-state index contributed by atoms with van der Waals surface area (Å²) in [5.74, 6) is 0.716. The van der Waals surface area contributed by atoms with Crippen molar-refractivity contribution < 1.29 is 5.11 Å². The Morgan fingerprint density at radius 3 is 2.67 bits per heavy atom. The van der Waals surface area contributed by atoms with Crippen molar-refractivity contribution in [3.05, 3.63) is 40.8 Å². The van der Waals surface area contributed by atoms with Crippen molar-refractivity contribution >= 4 is 0 Å². The summed E-state index contributed by atoms with van der Waals surface area (Å²) >= 11 is 0. The van der Waals surface area contributed by atoms with Crippen LogP contribution in [0.1, 0.15) is 42.5 Å². The summed E-state index contributed by atoms with van der Waals surface area (Å²) in [5, 5.41) is 14.3. The maximum absolute atomic E-state index is 9.81. The molecule has 0 saturated heterocycles. The summed E-state index contributed by atoms with van der Waals surface area (Å²) in [6.45, 7) is 7.91. The fourth-order valence-electron chi connectivity index (χ4n) is 2.31. The number of rotatable bonds is 3. The summed E-state index contributed by atoms with van der Waals surface area (Å²) in [6.07, 6.45) is 2.13. The number of aliphatic hydroxyl groups is 1. The zero-order valence-corrected chi connectivity index (χ0v) is 11.3. The van der Waals surface area contributed by atoms with Crippen molar-refractivity contribution in [1.82, 2.24) is 14.8 Å². The molecule has 0 fully saturated rings. The standard InChI is InChI=1S/C14H19N3O/c1-5-12-9(2)16-17(10(12)3)14-13(11(4)18)7-6-8-15-14/h6-8,11,18H,5H2,1-4H3. The van der Waals surface area contributed by atoms with E-state index in [2.05, 4.69) is 17.0 Å². The van der Waals surface area contributed by atoms with E-state index in [9.17, 15) is 5.11 Å². The Morgan fingerprint density at radius 2 is 2.11 bits per heavy atom. The predicted molar refractivity (Wildman–Crippen MR) is 70.8 cm³/mol. The minimum absolute atomic E-state index is 0.553. The highest BCUT2D eigenvalue weighted by Gasteiger charge is 2.16. The SMILES string of the molecule is CCc1c(C)nn(-c2ncccc2C(C)O)c1C.